The van der Waals surface area contributed by atoms with Crippen LogP contribution in [0.2, 0.25) is 0 Å². The van der Waals surface area contributed by atoms with Crippen LogP contribution in [0.5, 0.6) is 0 Å². The molecule has 102 valence electrons. The van der Waals surface area contributed by atoms with Crippen LogP contribution in [-0.4, -0.2) is 26.7 Å². The maximum Gasteiger partial charge on any atom is 0.137 e. The number of pyridine rings is 1. The molecule has 0 saturated carbocycles. The number of aryl methyl sites for hydroxylation is 1. The van der Waals surface area contributed by atoms with Crippen LogP contribution in [0.25, 0.3) is 10.8 Å². The third-order valence-electron chi connectivity index (χ3n) is 3.23. The highest BCUT2D eigenvalue weighted by Crippen LogP contribution is 2.27. The van der Waals surface area contributed by atoms with Gasteiger partial charge in [-0.25, -0.2) is 4.98 Å². The van der Waals surface area contributed by atoms with E-state index in [1.807, 2.05) is 24.4 Å². The summed E-state index contributed by atoms with van der Waals surface area (Å²) in [5, 5.41) is 12.1. The van der Waals surface area contributed by atoms with Gasteiger partial charge in [0.25, 0.3) is 0 Å². The van der Waals surface area contributed by atoms with Gasteiger partial charge in [-0.2, -0.15) is 5.10 Å². The van der Waals surface area contributed by atoms with E-state index in [9.17, 15) is 0 Å². The lowest BCUT2D eigenvalue weighted by Gasteiger charge is -2.11. The van der Waals surface area contributed by atoms with Crippen LogP contribution in [0.3, 0.4) is 0 Å². The fourth-order valence-corrected chi connectivity index (χ4v) is 2.18. The summed E-state index contributed by atoms with van der Waals surface area (Å²) in [6.45, 7) is 0.835. The number of fused-ring (bicyclic) bond motifs is 1. The minimum absolute atomic E-state index is 0.768. The highest BCUT2D eigenvalue weighted by atomic mass is 15.2. The van der Waals surface area contributed by atoms with Crippen LogP contribution in [0.15, 0.2) is 36.9 Å². The van der Waals surface area contributed by atoms with Crippen molar-refractivity contribution < 1.29 is 0 Å². The van der Waals surface area contributed by atoms with Crippen LogP contribution < -0.4 is 11.1 Å². The first kappa shape index (κ1) is 12.4. The van der Waals surface area contributed by atoms with E-state index in [1.165, 1.54) is 6.33 Å². The van der Waals surface area contributed by atoms with Crippen molar-refractivity contribution in [2.24, 2.45) is 0 Å². The Kier molecular flexibility index (Phi) is 3.45. The SMILES string of the molecule is Nc1c(NCCCc2ncn[nH]2)ccc2cnccc12. The van der Waals surface area contributed by atoms with Gasteiger partial charge in [0, 0.05) is 36.1 Å². The number of nitrogens with one attached hydrogen (secondary N) is 2. The second-order valence-electron chi connectivity index (χ2n) is 4.59. The van der Waals surface area contributed by atoms with Crippen molar-refractivity contribution in [2.45, 2.75) is 12.8 Å². The smallest absolute Gasteiger partial charge is 0.137 e. The number of nitrogen functional groups attached to an aromatic ring is 1. The number of nitrogens with zero attached hydrogens (tertiary/aromatic N) is 3. The molecule has 0 radical (unpaired) electrons. The number of anilines is 2. The van der Waals surface area contributed by atoms with Gasteiger partial charge in [-0.05, 0) is 18.6 Å². The van der Waals surface area contributed by atoms with Gasteiger partial charge in [0.2, 0.25) is 0 Å². The molecule has 20 heavy (non-hydrogen) atoms. The van der Waals surface area contributed by atoms with Crippen molar-refractivity contribution in [3.05, 3.63) is 42.7 Å². The first-order valence-corrected chi connectivity index (χ1v) is 6.55. The van der Waals surface area contributed by atoms with Gasteiger partial charge >= 0.3 is 0 Å². The summed E-state index contributed by atoms with van der Waals surface area (Å²) >= 11 is 0. The molecule has 0 aliphatic heterocycles. The summed E-state index contributed by atoms with van der Waals surface area (Å²) in [7, 11) is 0. The fraction of sp³-hybridized carbons (Fsp3) is 0.214. The largest absolute Gasteiger partial charge is 0.397 e. The summed E-state index contributed by atoms with van der Waals surface area (Å²) < 4.78 is 0. The van der Waals surface area contributed by atoms with E-state index >= 15 is 0 Å². The summed E-state index contributed by atoms with van der Waals surface area (Å²) in [6, 6.07) is 5.95. The molecule has 2 aromatic heterocycles. The maximum absolute atomic E-state index is 6.18. The average Bonchev–Trinajstić information content (AvgIpc) is 2.99. The Hall–Kier alpha value is -2.63. The second-order valence-corrected chi connectivity index (χ2v) is 4.59. The van der Waals surface area contributed by atoms with Gasteiger partial charge in [0.15, 0.2) is 0 Å². The van der Waals surface area contributed by atoms with Gasteiger partial charge < -0.3 is 11.1 Å². The average molecular weight is 268 g/mol. The Morgan fingerprint density at radius 2 is 2.20 bits per heavy atom. The van der Waals surface area contributed by atoms with Crippen LogP contribution in [0, 0.1) is 0 Å². The fourth-order valence-electron chi connectivity index (χ4n) is 2.18. The molecule has 3 rings (SSSR count). The Morgan fingerprint density at radius 3 is 3.05 bits per heavy atom. The molecule has 1 aromatic carbocycles. The molecule has 4 N–H and O–H groups in total. The van der Waals surface area contributed by atoms with Crippen molar-refractivity contribution in [3.8, 4) is 0 Å². The molecular formula is C14H16N6. The zero-order valence-corrected chi connectivity index (χ0v) is 11.0. The molecule has 2 heterocycles. The molecule has 0 aliphatic carbocycles. The Balaban J connectivity index is 1.64. The van der Waals surface area contributed by atoms with E-state index in [0.29, 0.717) is 0 Å². The van der Waals surface area contributed by atoms with E-state index in [-0.39, 0.29) is 0 Å². The monoisotopic (exact) mass is 268 g/mol. The molecular weight excluding hydrogens is 252 g/mol. The maximum atomic E-state index is 6.18. The van der Waals surface area contributed by atoms with E-state index in [4.69, 9.17) is 5.73 Å². The zero-order chi connectivity index (χ0) is 13.8. The minimum Gasteiger partial charge on any atom is -0.397 e. The van der Waals surface area contributed by atoms with E-state index < -0.39 is 0 Å². The van der Waals surface area contributed by atoms with Gasteiger partial charge in [0.1, 0.15) is 12.2 Å². The first-order chi connectivity index (χ1) is 9.84. The van der Waals surface area contributed by atoms with Crippen molar-refractivity contribution in [3.63, 3.8) is 0 Å². The summed E-state index contributed by atoms with van der Waals surface area (Å²) in [6.07, 6.45) is 6.93. The molecule has 0 fully saturated rings. The van der Waals surface area contributed by atoms with Crippen molar-refractivity contribution in [1.29, 1.82) is 0 Å². The molecule has 0 saturated heterocycles. The first-order valence-electron chi connectivity index (χ1n) is 6.55. The molecule has 0 spiro atoms. The molecule has 3 aromatic rings. The molecule has 6 heteroatoms. The molecule has 0 atom stereocenters. The number of rotatable bonds is 5. The summed E-state index contributed by atoms with van der Waals surface area (Å²) in [5.74, 6) is 0.907. The van der Waals surface area contributed by atoms with E-state index in [2.05, 4.69) is 25.5 Å². The number of aromatic nitrogens is 4. The van der Waals surface area contributed by atoms with E-state index in [0.717, 1.165) is 47.4 Å². The highest BCUT2D eigenvalue weighted by Gasteiger charge is 2.04. The molecule has 0 aliphatic rings. The number of nitrogens with two attached hydrogens (primary N) is 1. The molecule has 0 bridgehead atoms. The quantitative estimate of drug-likeness (QED) is 0.486. The predicted molar refractivity (Wildman–Crippen MR) is 79.3 cm³/mol. The Bertz CT molecular complexity index is 692. The standard InChI is InChI=1S/C14H16N6/c15-14-11-5-7-16-8-10(11)3-4-12(14)17-6-1-2-13-18-9-19-20-13/h3-5,7-9,17H,1-2,6,15H2,(H,18,19,20). The predicted octanol–water partition coefficient (Wildman–Crippen LogP) is 1.98. The van der Waals surface area contributed by atoms with Gasteiger partial charge in [-0.3, -0.25) is 10.1 Å². The molecule has 0 unspecified atom stereocenters. The zero-order valence-electron chi connectivity index (χ0n) is 11.0. The van der Waals surface area contributed by atoms with Crippen molar-refractivity contribution >= 4 is 22.1 Å². The van der Waals surface area contributed by atoms with Crippen LogP contribution in [0.4, 0.5) is 11.4 Å². The Morgan fingerprint density at radius 1 is 1.25 bits per heavy atom. The lowest BCUT2D eigenvalue weighted by molar-refractivity contribution is 0.806. The topological polar surface area (TPSA) is 92.5 Å². The van der Waals surface area contributed by atoms with E-state index in [1.54, 1.807) is 6.20 Å². The second kappa shape index (κ2) is 5.56. The van der Waals surface area contributed by atoms with Crippen molar-refractivity contribution in [1.82, 2.24) is 20.2 Å². The van der Waals surface area contributed by atoms with Crippen LogP contribution in [-0.2, 0) is 6.42 Å². The number of hydrogen-bond donors (Lipinski definition) is 3. The summed E-state index contributed by atoms with van der Waals surface area (Å²) in [5.41, 5.74) is 7.90. The molecule has 6 nitrogen and oxygen atoms in total. The van der Waals surface area contributed by atoms with Gasteiger partial charge in [-0.1, -0.05) is 6.07 Å². The lowest BCUT2D eigenvalue weighted by atomic mass is 10.1. The van der Waals surface area contributed by atoms with Crippen molar-refractivity contribution in [2.75, 3.05) is 17.6 Å². The molecule has 0 amide bonds. The lowest BCUT2D eigenvalue weighted by Crippen LogP contribution is -2.06. The highest BCUT2D eigenvalue weighted by molar-refractivity contribution is 5.98. The number of benzene rings is 1. The minimum atomic E-state index is 0.768. The Labute approximate surface area is 116 Å². The third kappa shape index (κ3) is 2.54. The van der Waals surface area contributed by atoms with Crippen LogP contribution in [0.1, 0.15) is 12.2 Å². The summed E-state index contributed by atoms with van der Waals surface area (Å²) in [4.78, 5) is 8.19. The normalized spacial score (nSPS) is 10.8. The number of aromatic amines is 1. The number of hydrogen-bond acceptors (Lipinski definition) is 5. The van der Waals surface area contributed by atoms with Gasteiger partial charge in [-0.15, -0.1) is 0 Å². The van der Waals surface area contributed by atoms with Gasteiger partial charge in [0.05, 0.1) is 11.4 Å². The number of H-pyrrole nitrogens is 1. The van der Waals surface area contributed by atoms with Crippen LogP contribution >= 0.6 is 0 Å². The third-order valence-corrected chi connectivity index (χ3v) is 3.23.